The predicted octanol–water partition coefficient (Wildman–Crippen LogP) is 3.17. The summed E-state index contributed by atoms with van der Waals surface area (Å²) >= 11 is 1.75. The predicted molar refractivity (Wildman–Crippen MR) is 80.5 cm³/mol. The quantitative estimate of drug-likeness (QED) is 0.852. The smallest absolute Gasteiger partial charge is 0.0982 e. The van der Waals surface area contributed by atoms with Gasteiger partial charge in [0.1, 0.15) is 0 Å². The Hall–Kier alpha value is -1.26. The summed E-state index contributed by atoms with van der Waals surface area (Å²) in [5.41, 5.74) is 2.56. The highest BCUT2D eigenvalue weighted by Gasteiger charge is 2.17. The van der Waals surface area contributed by atoms with E-state index in [4.69, 9.17) is 0 Å². The van der Waals surface area contributed by atoms with Gasteiger partial charge in [-0.2, -0.15) is 0 Å². The maximum absolute atomic E-state index is 4.67. The van der Waals surface area contributed by atoms with E-state index in [0.29, 0.717) is 0 Å². The summed E-state index contributed by atoms with van der Waals surface area (Å²) in [6.45, 7) is 8.39. The normalized spacial score (nSPS) is 11.7. The van der Waals surface area contributed by atoms with Gasteiger partial charge in [-0.1, -0.05) is 26.8 Å². The monoisotopic (exact) mass is 275 g/mol. The number of nitrogens with one attached hydrogen (secondary N) is 1. The molecule has 3 nitrogen and oxygen atoms in total. The molecule has 0 aliphatic rings. The Balaban J connectivity index is 1.76. The molecule has 4 heteroatoms. The van der Waals surface area contributed by atoms with E-state index in [1.165, 1.54) is 10.6 Å². The zero-order valence-corrected chi connectivity index (χ0v) is 12.6. The Morgan fingerprint density at radius 2 is 2.16 bits per heavy atom. The number of hydrogen-bond acceptors (Lipinski definition) is 4. The minimum atomic E-state index is 0.151. The minimum absolute atomic E-state index is 0.151. The van der Waals surface area contributed by atoms with Crippen LogP contribution in [0.25, 0.3) is 0 Å². The molecule has 0 fully saturated rings. The molecule has 0 aliphatic carbocycles. The van der Waals surface area contributed by atoms with Gasteiger partial charge in [0.2, 0.25) is 0 Å². The molecule has 1 N–H and O–H groups in total. The first-order valence-electron chi connectivity index (χ1n) is 6.60. The van der Waals surface area contributed by atoms with Crippen LogP contribution in [-0.4, -0.2) is 16.5 Å². The highest BCUT2D eigenvalue weighted by molar-refractivity contribution is 7.09. The molecule has 2 heterocycles. The fourth-order valence-electron chi connectivity index (χ4n) is 1.73. The van der Waals surface area contributed by atoms with Crippen LogP contribution >= 0.6 is 11.3 Å². The third-order valence-corrected chi connectivity index (χ3v) is 4.13. The molecule has 2 aromatic heterocycles. The van der Waals surface area contributed by atoms with E-state index in [2.05, 4.69) is 47.5 Å². The van der Waals surface area contributed by atoms with Crippen LogP contribution in [0.1, 0.15) is 37.0 Å². The summed E-state index contributed by atoms with van der Waals surface area (Å²) in [6.07, 6.45) is 4.73. The Bertz CT molecular complexity index is 500. The van der Waals surface area contributed by atoms with Crippen LogP contribution in [0.15, 0.2) is 29.9 Å². The summed E-state index contributed by atoms with van der Waals surface area (Å²) in [5.74, 6) is 0. The zero-order valence-electron chi connectivity index (χ0n) is 11.8. The van der Waals surface area contributed by atoms with Crippen molar-refractivity contribution in [2.45, 2.75) is 39.2 Å². The third-order valence-electron chi connectivity index (χ3n) is 2.81. The van der Waals surface area contributed by atoms with E-state index >= 15 is 0 Å². The number of aromatic nitrogens is 2. The van der Waals surface area contributed by atoms with Crippen LogP contribution in [0.3, 0.4) is 0 Å². The molecule has 0 aliphatic heterocycles. The lowest BCUT2D eigenvalue weighted by Gasteiger charge is -2.13. The largest absolute Gasteiger partial charge is 0.311 e. The second kappa shape index (κ2) is 6.26. The van der Waals surface area contributed by atoms with Crippen molar-refractivity contribution in [1.29, 1.82) is 0 Å². The van der Waals surface area contributed by atoms with Crippen molar-refractivity contribution in [3.8, 4) is 0 Å². The third kappa shape index (κ3) is 4.40. The lowest BCUT2D eigenvalue weighted by molar-refractivity contribution is 0.579. The van der Waals surface area contributed by atoms with Crippen molar-refractivity contribution in [1.82, 2.24) is 15.3 Å². The molecule has 0 unspecified atom stereocenters. The van der Waals surface area contributed by atoms with Crippen molar-refractivity contribution >= 4 is 11.3 Å². The van der Waals surface area contributed by atoms with Gasteiger partial charge >= 0.3 is 0 Å². The Morgan fingerprint density at radius 3 is 2.79 bits per heavy atom. The summed E-state index contributed by atoms with van der Waals surface area (Å²) < 4.78 is 0. The van der Waals surface area contributed by atoms with E-state index in [0.717, 1.165) is 25.2 Å². The highest BCUT2D eigenvalue weighted by atomic mass is 32.1. The number of nitrogens with zero attached hydrogens (tertiary/aromatic N) is 2. The molecule has 0 spiro atoms. The molecule has 19 heavy (non-hydrogen) atoms. The first-order chi connectivity index (χ1) is 9.05. The van der Waals surface area contributed by atoms with Crippen LogP contribution in [0.5, 0.6) is 0 Å². The molecular weight excluding hydrogens is 254 g/mol. The van der Waals surface area contributed by atoms with Crippen LogP contribution in [0.2, 0.25) is 0 Å². The van der Waals surface area contributed by atoms with Crippen molar-refractivity contribution in [2.75, 3.05) is 6.54 Å². The lowest BCUT2D eigenvalue weighted by Crippen LogP contribution is -2.17. The van der Waals surface area contributed by atoms with E-state index in [1.54, 1.807) is 17.5 Å². The topological polar surface area (TPSA) is 37.8 Å². The Kier molecular flexibility index (Phi) is 4.66. The van der Waals surface area contributed by atoms with Gasteiger partial charge in [-0.25, -0.2) is 4.98 Å². The molecular formula is C15H21N3S. The molecule has 0 saturated carbocycles. The molecule has 0 amide bonds. The van der Waals surface area contributed by atoms with E-state index in [1.807, 2.05) is 12.3 Å². The molecule has 0 bridgehead atoms. The first-order valence-corrected chi connectivity index (χ1v) is 7.48. The Morgan fingerprint density at radius 1 is 1.32 bits per heavy atom. The van der Waals surface area contributed by atoms with Crippen LogP contribution < -0.4 is 5.32 Å². The molecule has 102 valence electrons. The van der Waals surface area contributed by atoms with Gasteiger partial charge in [0.05, 0.1) is 10.7 Å². The van der Waals surface area contributed by atoms with Crippen LogP contribution in [0, 0.1) is 0 Å². The van der Waals surface area contributed by atoms with E-state index in [9.17, 15) is 0 Å². The summed E-state index contributed by atoms with van der Waals surface area (Å²) in [7, 11) is 0. The van der Waals surface area contributed by atoms with Crippen molar-refractivity contribution < 1.29 is 0 Å². The maximum atomic E-state index is 4.67. The number of thiazole rings is 1. The van der Waals surface area contributed by atoms with E-state index in [-0.39, 0.29) is 5.41 Å². The van der Waals surface area contributed by atoms with Crippen molar-refractivity contribution in [3.63, 3.8) is 0 Å². The summed E-state index contributed by atoms with van der Waals surface area (Å²) in [4.78, 5) is 8.78. The highest BCUT2D eigenvalue weighted by Crippen LogP contribution is 2.25. The fraction of sp³-hybridized carbons (Fsp3) is 0.467. The van der Waals surface area contributed by atoms with Gasteiger partial charge in [-0.15, -0.1) is 11.3 Å². The summed E-state index contributed by atoms with van der Waals surface area (Å²) in [5, 5.41) is 6.79. The van der Waals surface area contributed by atoms with Gasteiger partial charge in [-0.05, 0) is 24.6 Å². The number of hydrogen-bond donors (Lipinski definition) is 1. The van der Waals surface area contributed by atoms with E-state index < -0.39 is 0 Å². The summed E-state index contributed by atoms with van der Waals surface area (Å²) in [6, 6.07) is 4.08. The van der Waals surface area contributed by atoms with Crippen molar-refractivity contribution in [2.24, 2.45) is 0 Å². The van der Waals surface area contributed by atoms with Gasteiger partial charge in [-0.3, -0.25) is 4.98 Å². The van der Waals surface area contributed by atoms with Crippen LogP contribution in [0.4, 0.5) is 0 Å². The lowest BCUT2D eigenvalue weighted by atomic mass is 9.98. The molecule has 0 aromatic carbocycles. The standard InChI is InChI=1S/C15H21N3S/c1-15(2,3)14-18-13(11-19-14)10-17-8-6-12-5-4-7-16-9-12/h4-5,7,9,11,17H,6,8,10H2,1-3H3. The SMILES string of the molecule is CC(C)(C)c1nc(CNCCc2cccnc2)cs1. The average molecular weight is 275 g/mol. The molecule has 0 saturated heterocycles. The van der Waals surface area contributed by atoms with Crippen molar-refractivity contribution in [3.05, 3.63) is 46.2 Å². The molecule has 0 atom stereocenters. The van der Waals surface area contributed by atoms with Crippen LogP contribution in [-0.2, 0) is 18.4 Å². The molecule has 2 rings (SSSR count). The number of rotatable bonds is 5. The minimum Gasteiger partial charge on any atom is -0.311 e. The molecule has 0 radical (unpaired) electrons. The Labute approximate surface area is 119 Å². The first kappa shape index (κ1) is 14.2. The van der Waals surface area contributed by atoms with Gasteiger partial charge < -0.3 is 5.32 Å². The second-order valence-electron chi connectivity index (χ2n) is 5.68. The van der Waals surface area contributed by atoms with Gasteiger partial charge in [0, 0.05) is 29.7 Å². The number of pyridine rings is 1. The van der Waals surface area contributed by atoms with Gasteiger partial charge in [0.25, 0.3) is 0 Å². The maximum Gasteiger partial charge on any atom is 0.0982 e. The molecule has 2 aromatic rings. The zero-order chi connectivity index (χ0) is 13.7. The second-order valence-corrected chi connectivity index (χ2v) is 6.54. The van der Waals surface area contributed by atoms with Gasteiger partial charge in [0.15, 0.2) is 0 Å². The average Bonchev–Trinajstić information content (AvgIpc) is 2.85. The fourth-order valence-corrected chi connectivity index (χ4v) is 2.64.